The predicted molar refractivity (Wildman–Crippen MR) is 79.9 cm³/mol. The largest absolute Gasteiger partial charge is 0.401 e. The van der Waals surface area contributed by atoms with E-state index in [0.717, 1.165) is 5.56 Å². The monoisotopic (exact) mass is 302 g/mol. The first-order valence-corrected chi connectivity index (χ1v) is 7.14. The molecule has 0 radical (unpaired) electrons. The second-order valence-corrected chi connectivity index (χ2v) is 6.49. The molecule has 2 nitrogen and oxygen atoms in total. The second-order valence-electron chi connectivity index (χ2n) is 6.49. The van der Waals surface area contributed by atoms with Crippen molar-refractivity contribution < 1.29 is 13.2 Å². The van der Waals surface area contributed by atoms with Crippen molar-refractivity contribution in [3.05, 3.63) is 35.9 Å². The Labute approximate surface area is 125 Å². The van der Waals surface area contributed by atoms with E-state index in [1.54, 1.807) is 13.8 Å². The van der Waals surface area contributed by atoms with E-state index in [1.807, 2.05) is 44.2 Å². The van der Waals surface area contributed by atoms with Crippen molar-refractivity contribution in [3.63, 3.8) is 0 Å². The van der Waals surface area contributed by atoms with Crippen molar-refractivity contribution in [1.82, 2.24) is 4.90 Å². The fraction of sp³-hybridized carbons (Fsp3) is 0.625. The fourth-order valence-electron chi connectivity index (χ4n) is 2.38. The fourth-order valence-corrected chi connectivity index (χ4v) is 2.38. The molecule has 1 unspecified atom stereocenters. The lowest BCUT2D eigenvalue weighted by Crippen LogP contribution is -2.47. The van der Waals surface area contributed by atoms with Gasteiger partial charge in [0, 0.05) is 18.6 Å². The molecular weight excluding hydrogens is 277 g/mol. The van der Waals surface area contributed by atoms with Gasteiger partial charge in [-0.1, -0.05) is 44.2 Å². The minimum absolute atomic E-state index is 0.186. The van der Waals surface area contributed by atoms with Crippen molar-refractivity contribution in [2.45, 2.75) is 46.0 Å². The Morgan fingerprint density at radius 1 is 1.05 bits per heavy atom. The zero-order valence-corrected chi connectivity index (χ0v) is 13.1. The summed E-state index contributed by atoms with van der Waals surface area (Å²) in [6.45, 7) is 6.76. The van der Waals surface area contributed by atoms with Crippen molar-refractivity contribution in [2.75, 3.05) is 13.1 Å². The van der Waals surface area contributed by atoms with Crippen molar-refractivity contribution in [1.29, 1.82) is 0 Å². The number of benzene rings is 1. The molecule has 0 heterocycles. The van der Waals surface area contributed by atoms with Crippen molar-refractivity contribution in [2.24, 2.45) is 11.1 Å². The maximum Gasteiger partial charge on any atom is 0.401 e. The van der Waals surface area contributed by atoms with Crippen LogP contribution in [0.25, 0.3) is 0 Å². The minimum Gasteiger partial charge on any atom is -0.323 e. The van der Waals surface area contributed by atoms with Gasteiger partial charge in [-0.3, -0.25) is 4.90 Å². The highest BCUT2D eigenvalue weighted by molar-refractivity contribution is 5.20. The first-order valence-electron chi connectivity index (χ1n) is 7.14. The van der Waals surface area contributed by atoms with Gasteiger partial charge in [0.1, 0.15) is 0 Å². The molecule has 21 heavy (non-hydrogen) atoms. The standard InChI is InChI=1S/C16H25F3N2/c1-12(2)21(11-16(17,18)19)10-15(3,4)14(20)13-8-6-5-7-9-13/h5-9,12,14H,10-11,20H2,1-4H3. The average Bonchev–Trinajstić information content (AvgIpc) is 2.36. The van der Waals surface area contributed by atoms with E-state index >= 15 is 0 Å². The SMILES string of the molecule is CC(C)N(CC(F)(F)F)CC(C)(C)C(N)c1ccccc1. The Bertz CT molecular complexity index is 427. The molecule has 120 valence electrons. The summed E-state index contributed by atoms with van der Waals surface area (Å²) in [5.74, 6) is 0. The molecule has 0 aliphatic rings. The van der Waals surface area contributed by atoms with Crippen molar-refractivity contribution >= 4 is 0 Å². The minimum atomic E-state index is -4.20. The number of rotatable bonds is 6. The molecule has 0 aromatic heterocycles. The third kappa shape index (κ3) is 5.67. The third-order valence-electron chi connectivity index (χ3n) is 3.72. The number of alkyl halides is 3. The van der Waals surface area contributed by atoms with E-state index in [-0.39, 0.29) is 12.1 Å². The smallest absolute Gasteiger partial charge is 0.323 e. The zero-order valence-electron chi connectivity index (χ0n) is 13.1. The normalized spacial score (nSPS) is 14.8. The van der Waals surface area contributed by atoms with Gasteiger partial charge in [-0.15, -0.1) is 0 Å². The molecule has 0 aliphatic heterocycles. The molecule has 0 saturated carbocycles. The van der Waals surface area contributed by atoms with Crippen LogP contribution in [0, 0.1) is 5.41 Å². The van der Waals surface area contributed by atoms with E-state index in [0.29, 0.717) is 6.54 Å². The Kier molecular flexibility index (Phi) is 5.82. The van der Waals surface area contributed by atoms with Crippen LogP contribution in [0.3, 0.4) is 0 Å². The van der Waals surface area contributed by atoms with Crippen LogP contribution in [-0.2, 0) is 0 Å². The van der Waals surface area contributed by atoms with E-state index in [9.17, 15) is 13.2 Å². The number of halogens is 3. The molecule has 1 rings (SSSR count). The van der Waals surface area contributed by atoms with Gasteiger partial charge in [-0.05, 0) is 24.8 Å². The molecule has 1 atom stereocenters. The number of nitrogens with two attached hydrogens (primary N) is 1. The topological polar surface area (TPSA) is 29.3 Å². The summed E-state index contributed by atoms with van der Waals surface area (Å²) >= 11 is 0. The lowest BCUT2D eigenvalue weighted by molar-refractivity contribution is -0.153. The number of hydrogen-bond donors (Lipinski definition) is 1. The average molecular weight is 302 g/mol. The molecule has 0 saturated heterocycles. The molecule has 5 heteroatoms. The van der Waals surface area contributed by atoms with Gasteiger partial charge in [0.05, 0.1) is 6.54 Å². The van der Waals surface area contributed by atoms with Gasteiger partial charge in [-0.25, -0.2) is 0 Å². The highest BCUT2D eigenvalue weighted by Gasteiger charge is 2.36. The van der Waals surface area contributed by atoms with Gasteiger partial charge >= 0.3 is 6.18 Å². The van der Waals surface area contributed by atoms with E-state index < -0.39 is 18.1 Å². The molecule has 2 N–H and O–H groups in total. The van der Waals surface area contributed by atoms with Gasteiger partial charge < -0.3 is 5.73 Å². The highest BCUT2D eigenvalue weighted by atomic mass is 19.4. The summed E-state index contributed by atoms with van der Waals surface area (Å²) in [6.07, 6.45) is -4.20. The molecule has 0 aliphatic carbocycles. The maximum absolute atomic E-state index is 12.7. The van der Waals surface area contributed by atoms with Crippen LogP contribution in [0.2, 0.25) is 0 Å². The van der Waals surface area contributed by atoms with Gasteiger partial charge in [0.2, 0.25) is 0 Å². The Balaban J connectivity index is 2.85. The van der Waals surface area contributed by atoms with Crippen molar-refractivity contribution in [3.8, 4) is 0 Å². The predicted octanol–water partition coefficient (Wildman–Crippen LogP) is 3.99. The molecule has 0 amide bonds. The first-order chi connectivity index (χ1) is 9.53. The first kappa shape index (κ1) is 18.0. The van der Waals surface area contributed by atoms with E-state index in [2.05, 4.69) is 0 Å². The Morgan fingerprint density at radius 2 is 1.57 bits per heavy atom. The molecule has 1 aromatic rings. The van der Waals surface area contributed by atoms with Crippen LogP contribution in [0.15, 0.2) is 30.3 Å². The van der Waals surface area contributed by atoms with Crippen LogP contribution in [0.4, 0.5) is 13.2 Å². The summed E-state index contributed by atoms with van der Waals surface area (Å²) in [4.78, 5) is 1.43. The number of nitrogens with zero attached hydrogens (tertiary/aromatic N) is 1. The second kappa shape index (κ2) is 6.79. The molecule has 0 spiro atoms. The molecule has 1 aromatic carbocycles. The van der Waals surface area contributed by atoms with Crippen LogP contribution in [0.5, 0.6) is 0 Å². The summed E-state index contributed by atoms with van der Waals surface area (Å²) in [5, 5.41) is 0. The lowest BCUT2D eigenvalue weighted by atomic mass is 9.80. The maximum atomic E-state index is 12.7. The summed E-state index contributed by atoms with van der Waals surface area (Å²) in [6, 6.07) is 9.00. The Hall–Kier alpha value is -1.07. The van der Waals surface area contributed by atoms with Gasteiger partial charge in [-0.2, -0.15) is 13.2 Å². The molecule has 0 fully saturated rings. The van der Waals surface area contributed by atoms with Gasteiger partial charge in [0.15, 0.2) is 0 Å². The van der Waals surface area contributed by atoms with E-state index in [1.165, 1.54) is 4.90 Å². The van der Waals surface area contributed by atoms with Crippen LogP contribution >= 0.6 is 0 Å². The Morgan fingerprint density at radius 3 is 2.00 bits per heavy atom. The number of hydrogen-bond acceptors (Lipinski definition) is 2. The van der Waals surface area contributed by atoms with Crippen LogP contribution < -0.4 is 5.73 Å². The zero-order chi connectivity index (χ0) is 16.3. The van der Waals surface area contributed by atoms with Gasteiger partial charge in [0.25, 0.3) is 0 Å². The third-order valence-corrected chi connectivity index (χ3v) is 3.72. The summed E-state index contributed by atoms with van der Waals surface area (Å²) < 4.78 is 38.1. The quantitative estimate of drug-likeness (QED) is 0.861. The molecular formula is C16H25F3N2. The lowest BCUT2D eigenvalue weighted by Gasteiger charge is -2.39. The van der Waals surface area contributed by atoms with E-state index in [4.69, 9.17) is 5.73 Å². The summed E-state index contributed by atoms with van der Waals surface area (Å²) in [5.41, 5.74) is 6.76. The summed E-state index contributed by atoms with van der Waals surface area (Å²) in [7, 11) is 0. The highest BCUT2D eigenvalue weighted by Crippen LogP contribution is 2.33. The van der Waals surface area contributed by atoms with Crippen LogP contribution in [0.1, 0.15) is 39.3 Å². The molecule has 0 bridgehead atoms. The van der Waals surface area contributed by atoms with Crippen LogP contribution in [-0.4, -0.2) is 30.2 Å².